The molecule has 1 aromatic carbocycles. The largest absolute Gasteiger partial charge is 0.508 e. The zero-order chi connectivity index (χ0) is 15.0. The molecule has 0 aromatic heterocycles. The first-order valence-corrected chi connectivity index (χ1v) is 8.06. The monoisotopic (exact) mass is 283 g/mol. The second-order valence-corrected chi connectivity index (χ2v) is 6.91. The Balaban J connectivity index is 1.89. The number of benzene rings is 1. The van der Waals surface area contributed by atoms with E-state index in [-0.39, 0.29) is 5.41 Å². The third kappa shape index (κ3) is 2.34. The molecule has 3 rings (SSSR count). The zero-order valence-corrected chi connectivity index (χ0v) is 13.1. The Morgan fingerprint density at radius 3 is 3.05 bits per heavy atom. The highest BCUT2D eigenvalue weighted by Crippen LogP contribution is 2.49. The van der Waals surface area contributed by atoms with Crippen molar-refractivity contribution in [1.82, 2.24) is 4.90 Å². The molecule has 1 aliphatic carbocycles. The normalized spacial score (nSPS) is 31.5. The lowest BCUT2D eigenvalue weighted by molar-refractivity contribution is 0.0309. The molecular formula is C19H25NO. The van der Waals surface area contributed by atoms with Gasteiger partial charge in [0.2, 0.25) is 0 Å². The summed E-state index contributed by atoms with van der Waals surface area (Å²) in [5.74, 6) is 3.77. The van der Waals surface area contributed by atoms with Gasteiger partial charge in [0.05, 0.1) is 0 Å². The SMILES string of the molecule is C#CCCCN1CC[C@]2(C)c3cc(O)ccc3CC1[C@@H]2C. The van der Waals surface area contributed by atoms with Crippen molar-refractivity contribution in [3.63, 3.8) is 0 Å². The molecule has 21 heavy (non-hydrogen) atoms. The molecule has 3 atom stereocenters. The topological polar surface area (TPSA) is 23.5 Å². The number of hydrogen-bond acceptors (Lipinski definition) is 2. The number of aromatic hydroxyl groups is 1. The number of nitrogens with zero attached hydrogens (tertiary/aromatic N) is 1. The van der Waals surface area contributed by atoms with Crippen molar-refractivity contribution in [2.24, 2.45) is 5.92 Å². The van der Waals surface area contributed by atoms with Crippen LogP contribution in [0.5, 0.6) is 5.75 Å². The molecule has 0 amide bonds. The predicted molar refractivity (Wildman–Crippen MR) is 86.4 cm³/mol. The van der Waals surface area contributed by atoms with Crippen LogP contribution in [-0.4, -0.2) is 29.1 Å². The molecule has 1 fully saturated rings. The molecule has 2 aliphatic rings. The van der Waals surface area contributed by atoms with Crippen LogP contribution in [0, 0.1) is 18.3 Å². The van der Waals surface area contributed by atoms with E-state index in [2.05, 4.69) is 30.7 Å². The van der Waals surface area contributed by atoms with Crippen LogP contribution < -0.4 is 0 Å². The lowest BCUT2D eigenvalue weighted by atomic mass is 9.59. The predicted octanol–water partition coefficient (Wildman–Crippen LogP) is 3.33. The first kappa shape index (κ1) is 14.5. The highest BCUT2D eigenvalue weighted by molar-refractivity contribution is 5.44. The van der Waals surface area contributed by atoms with Gasteiger partial charge in [0, 0.05) is 12.5 Å². The van der Waals surface area contributed by atoms with Gasteiger partial charge in [0.25, 0.3) is 0 Å². The number of phenols is 1. The van der Waals surface area contributed by atoms with Crippen LogP contribution in [0.4, 0.5) is 0 Å². The third-order valence-corrected chi connectivity index (χ3v) is 5.87. The minimum Gasteiger partial charge on any atom is -0.508 e. The number of phenolic OH excluding ortho intramolecular Hbond substituents is 1. The van der Waals surface area contributed by atoms with E-state index in [9.17, 15) is 5.11 Å². The van der Waals surface area contributed by atoms with Crippen molar-refractivity contribution in [2.45, 2.75) is 51.0 Å². The molecule has 112 valence electrons. The Hall–Kier alpha value is -1.46. The summed E-state index contributed by atoms with van der Waals surface area (Å²) >= 11 is 0. The van der Waals surface area contributed by atoms with E-state index in [1.54, 1.807) is 0 Å². The highest BCUT2D eigenvalue weighted by Gasteiger charge is 2.48. The maximum absolute atomic E-state index is 9.85. The number of piperidine rings is 1. The molecule has 2 heteroatoms. The lowest BCUT2D eigenvalue weighted by Crippen LogP contribution is -2.58. The van der Waals surface area contributed by atoms with E-state index in [1.165, 1.54) is 11.1 Å². The smallest absolute Gasteiger partial charge is 0.115 e. The fourth-order valence-corrected chi connectivity index (χ4v) is 4.36. The molecule has 2 nitrogen and oxygen atoms in total. The van der Waals surface area contributed by atoms with E-state index < -0.39 is 0 Å². The van der Waals surface area contributed by atoms with Gasteiger partial charge in [0.15, 0.2) is 0 Å². The lowest BCUT2D eigenvalue weighted by Gasteiger charge is -2.54. The summed E-state index contributed by atoms with van der Waals surface area (Å²) in [7, 11) is 0. The summed E-state index contributed by atoms with van der Waals surface area (Å²) in [6.07, 6.45) is 9.61. The Kier molecular flexibility index (Phi) is 3.71. The van der Waals surface area contributed by atoms with Crippen LogP contribution in [0.3, 0.4) is 0 Å². The molecule has 1 aliphatic heterocycles. The van der Waals surface area contributed by atoms with Crippen molar-refractivity contribution in [1.29, 1.82) is 0 Å². The van der Waals surface area contributed by atoms with Gasteiger partial charge >= 0.3 is 0 Å². The summed E-state index contributed by atoms with van der Waals surface area (Å²) in [6.45, 7) is 7.01. The molecular weight excluding hydrogens is 258 g/mol. The first-order valence-electron chi connectivity index (χ1n) is 8.06. The summed E-state index contributed by atoms with van der Waals surface area (Å²) < 4.78 is 0. The Labute approximate surface area is 128 Å². The zero-order valence-electron chi connectivity index (χ0n) is 13.1. The molecule has 0 radical (unpaired) electrons. The fourth-order valence-electron chi connectivity index (χ4n) is 4.36. The maximum Gasteiger partial charge on any atom is 0.115 e. The highest BCUT2D eigenvalue weighted by atomic mass is 16.3. The molecule has 1 unspecified atom stereocenters. The van der Waals surface area contributed by atoms with Crippen LogP contribution >= 0.6 is 0 Å². The molecule has 0 saturated carbocycles. The summed E-state index contributed by atoms with van der Waals surface area (Å²) in [4.78, 5) is 2.64. The van der Waals surface area contributed by atoms with Crippen LogP contribution in [0.15, 0.2) is 18.2 Å². The second-order valence-electron chi connectivity index (χ2n) is 6.91. The van der Waals surface area contributed by atoms with E-state index >= 15 is 0 Å². The number of unbranched alkanes of at least 4 members (excludes halogenated alkanes) is 1. The number of fused-ring (bicyclic) bond motifs is 4. The molecule has 1 heterocycles. The van der Waals surface area contributed by atoms with E-state index in [0.717, 1.165) is 38.8 Å². The fraction of sp³-hybridized carbons (Fsp3) is 0.579. The van der Waals surface area contributed by atoms with Crippen molar-refractivity contribution in [3.05, 3.63) is 29.3 Å². The average molecular weight is 283 g/mol. The van der Waals surface area contributed by atoms with Gasteiger partial charge in [-0.1, -0.05) is 19.9 Å². The second kappa shape index (κ2) is 5.39. The quantitative estimate of drug-likeness (QED) is 0.679. The molecule has 1 N–H and O–H groups in total. The molecule has 1 aromatic rings. The minimum absolute atomic E-state index is 0.194. The maximum atomic E-state index is 9.85. The van der Waals surface area contributed by atoms with Crippen molar-refractivity contribution >= 4 is 0 Å². The number of hydrogen-bond donors (Lipinski definition) is 1. The third-order valence-electron chi connectivity index (χ3n) is 5.87. The summed E-state index contributed by atoms with van der Waals surface area (Å²) in [6, 6.07) is 6.55. The van der Waals surface area contributed by atoms with Crippen molar-refractivity contribution < 1.29 is 5.11 Å². The summed E-state index contributed by atoms with van der Waals surface area (Å²) in [5, 5.41) is 9.85. The van der Waals surface area contributed by atoms with Crippen LogP contribution in [-0.2, 0) is 11.8 Å². The minimum atomic E-state index is 0.194. The first-order chi connectivity index (χ1) is 10.1. The van der Waals surface area contributed by atoms with Gasteiger partial charge in [-0.15, -0.1) is 12.3 Å². The molecule has 2 bridgehead atoms. The van der Waals surface area contributed by atoms with E-state index in [1.807, 2.05) is 12.1 Å². The van der Waals surface area contributed by atoms with Crippen molar-refractivity contribution in [3.8, 4) is 18.1 Å². The van der Waals surface area contributed by atoms with Crippen LogP contribution in [0.1, 0.15) is 44.2 Å². The van der Waals surface area contributed by atoms with Gasteiger partial charge in [-0.2, -0.15) is 0 Å². The molecule has 0 spiro atoms. The van der Waals surface area contributed by atoms with Crippen LogP contribution in [0.2, 0.25) is 0 Å². The number of likely N-dealkylation sites (tertiary alicyclic amines) is 1. The van der Waals surface area contributed by atoms with Gasteiger partial charge in [0.1, 0.15) is 5.75 Å². The Morgan fingerprint density at radius 1 is 1.48 bits per heavy atom. The van der Waals surface area contributed by atoms with Gasteiger partial charge in [-0.3, -0.25) is 4.90 Å². The van der Waals surface area contributed by atoms with Crippen molar-refractivity contribution in [2.75, 3.05) is 13.1 Å². The van der Waals surface area contributed by atoms with E-state index in [0.29, 0.717) is 17.7 Å². The number of rotatable bonds is 3. The Morgan fingerprint density at radius 2 is 2.29 bits per heavy atom. The molecule has 1 saturated heterocycles. The standard InChI is InChI=1S/C19H25NO/c1-4-5-6-10-20-11-9-19(3)14(2)18(20)12-15-7-8-16(21)13-17(15)19/h1,7-8,13-14,18,21H,5-6,9-12H2,2-3H3/t14-,18?,19-/m0/s1. The van der Waals surface area contributed by atoms with Gasteiger partial charge in [-0.05, 0) is 66.9 Å². The van der Waals surface area contributed by atoms with Gasteiger partial charge < -0.3 is 5.11 Å². The average Bonchev–Trinajstić information content (AvgIpc) is 2.46. The number of terminal acetylenes is 1. The van der Waals surface area contributed by atoms with E-state index in [4.69, 9.17) is 6.42 Å². The Bertz CT molecular complexity index is 573. The summed E-state index contributed by atoms with van der Waals surface area (Å²) in [5.41, 5.74) is 2.98. The van der Waals surface area contributed by atoms with Crippen LogP contribution in [0.25, 0.3) is 0 Å². The van der Waals surface area contributed by atoms with Gasteiger partial charge in [-0.25, -0.2) is 0 Å².